The van der Waals surface area contributed by atoms with Crippen LogP contribution in [0.2, 0.25) is 5.02 Å². The third-order valence-electron chi connectivity index (χ3n) is 4.47. The number of amides is 1. The lowest BCUT2D eigenvalue weighted by Gasteiger charge is -2.11. The summed E-state index contributed by atoms with van der Waals surface area (Å²) in [4.78, 5) is 17.3. The van der Waals surface area contributed by atoms with Gasteiger partial charge in [0.25, 0.3) is 5.91 Å². The minimum absolute atomic E-state index is 0.238. The highest BCUT2D eigenvalue weighted by Crippen LogP contribution is 2.31. The van der Waals surface area contributed by atoms with Crippen LogP contribution in [0, 0.1) is 6.92 Å². The summed E-state index contributed by atoms with van der Waals surface area (Å²) in [7, 11) is 1.57. The van der Waals surface area contributed by atoms with Gasteiger partial charge in [-0.1, -0.05) is 11.6 Å². The maximum Gasteiger partial charge on any atom is 0.255 e. The van der Waals surface area contributed by atoms with Gasteiger partial charge >= 0.3 is 0 Å². The first-order valence-electron chi connectivity index (χ1n) is 8.74. The first kappa shape index (κ1) is 18.1. The van der Waals surface area contributed by atoms with E-state index in [1.54, 1.807) is 31.4 Å². The summed E-state index contributed by atoms with van der Waals surface area (Å²) < 4.78 is 7.38. The van der Waals surface area contributed by atoms with Crippen molar-refractivity contribution in [3.8, 4) is 17.0 Å². The molecule has 0 atom stereocenters. The second-order valence-corrected chi connectivity index (χ2v) is 6.91. The number of carbonyl (C=O) groups is 1. The van der Waals surface area contributed by atoms with Gasteiger partial charge in [-0.15, -0.1) is 0 Å². The molecule has 4 rings (SSSR count). The highest BCUT2D eigenvalue weighted by molar-refractivity contribution is 6.30. The molecule has 5 nitrogen and oxygen atoms in total. The van der Waals surface area contributed by atoms with Gasteiger partial charge < -0.3 is 14.5 Å². The van der Waals surface area contributed by atoms with Crippen LogP contribution in [0.5, 0.6) is 5.75 Å². The molecule has 2 aromatic heterocycles. The Kier molecular flexibility index (Phi) is 4.75. The summed E-state index contributed by atoms with van der Waals surface area (Å²) in [5.74, 6) is 0.336. The predicted octanol–water partition coefficient (Wildman–Crippen LogP) is 5.22. The highest BCUT2D eigenvalue weighted by atomic mass is 35.5. The molecular weight excluding hydrogens is 374 g/mol. The number of ether oxygens (including phenoxy) is 1. The second kappa shape index (κ2) is 7.37. The summed E-state index contributed by atoms with van der Waals surface area (Å²) in [6.45, 7) is 2.03. The fraction of sp³-hybridized carbons (Fsp3) is 0.0909. The molecule has 2 heterocycles. The van der Waals surface area contributed by atoms with Gasteiger partial charge in [-0.05, 0) is 67.1 Å². The maximum atomic E-state index is 12.6. The number of hydrogen-bond donors (Lipinski definition) is 1. The van der Waals surface area contributed by atoms with E-state index in [2.05, 4.69) is 10.3 Å². The van der Waals surface area contributed by atoms with Crippen molar-refractivity contribution in [3.63, 3.8) is 0 Å². The molecule has 0 aliphatic rings. The zero-order chi connectivity index (χ0) is 19.7. The molecule has 0 saturated carbocycles. The lowest BCUT2D eigenvalue weighted by atomic mass is 10.1. The fourth-order valence-electron chi connectivity index (χ4n) is 2.98. The summed E-state index contributed by atoms with van der Waals surface area (Å²) in [5, 5.41) is 3.49. The van der Waals surface area contributed by atoms with E-state index < -0.39 is 0 Å². The number of aryl methyl sites for hydroxylation is 1. The van der Waals surface area contributed by atoms with Crippen LogP contribution in [0.4, 0.5) is 5.69 Å². The molecule has 0 aliphatic carbocycles. The van der Waals surface area contributed by atoms with Crippen LogP contribution in [0.25, 0.3) is 16.9 Å². The number of pyridine rings is 1. The molecule has 0 bridgehead atoms. The zero-order valence-electron chi connectivity index (χ0n) is 15.4. The average molecular weight is 392 g/mol. The van der Waals surface area contributed by atoms with E-state index in [1.165, 1.54) is 0 Å². The van der Waals surface area contributed by atoms with Crippen LogP contribution >= 0.6 is 11.6 Å². The first-order chi connectivity index (χ1) is 13.5. The Morgan fingerprint density at radius 2 is 1.89 bits per heavy atom. The topological polar surface area (TPSA) is 55.6 Å². The van der Waals surface area contributed by atoms with Gasteiger partial charge in [-0.25, -0.2) is 4.98 Å². The van der Waals surface area contributed by atoms with Crippen LogP contribution in [0.15, 0.2) is 67.0 Å². The van der Waals surface area contributed by atoms with E-state index in [4.69, 9.17) is 16.3 Å². The first-order valence-corrected chi connectivity index (χ1v) is 9.12. The number of benzene rings is 2. The van der Waals surface area contributed by atoms with Gasteiger partial charge in [0.15, 0.2) is 0 Å². The summed E-state index contributed by atoms with van der Waals surface area (Å²) in [6, 6.07) is 16.4. The maximum absolute atomic E-state index is 12.6. The number of nitrogens with zero attached hydrogens (tertiary/aromatic N) is 2. The molecule has 0 saturated heterocycles. The molecule has 0 unspecified atom stereocenters. The summed E-state index contributed by atoms with van der Waals surface area (Å²) in [6.07, 6.45) is 3.94. The van der Waals surface area contributed by atoms with Crippen LogP contribution < -0.4 is 10.1 Å². The molecule has 0 radical (unpaired) electrons. The van der Waals surface area contributed by atoms with E-state index in [9.17, 15) is 4.79 Å². The quantitative estimate of drug-likeness (QED) is 0.518. The van der Waals surface area contributed by atoms with Crippen molar-refractivity contribution in [2.24, 2.45) is 0 Å². The molecule has 0 fully saturated rings. The van der Waals surface area contributed by atoms with Gasteiger partial charge in [-0.3, -0.25) is 4.79 Å². The minimum Gasteiger partial charge on any atom is -0.495 e. The zero-order valence-corrected chi connectivity index (χ0v) is 16.2. The molecule has 6 heteroatoms. The largest absolute Gasteiger partial charge is 0.495 e. The fourth-order valence-corrected chi connectivity index (χ4v) is 3.11. The number of carbonyl (C=O) groups excluding carboxylic acids is 1. The van der Waals surface area contributed by atoms with Crippen molar-refractivity contribution in [3.05, 3.63) is 83.1 Å². The number of nitrogens with one attached hydrogen (secondary N) is 1. The average Bonchev–Trinajstić information content (AvgIpc) is 3.11. The molecule has 140 valence electrons. The monoisotopic (exact) mass is 391 g/mol. The highest BCUT2D eigenvalue weighted by Gasteiger charge is 2.13. The van der Waals surface area contributed by atoms with Crippen molar-refractivity contribution < 1.29 is 9.53 Å². The molecule has 1 N–H and O–H groups in total. The summed E-state index contributed by atoms with van der Waals surface area (Å²) >= 11 is 5.90. The minimum atomic E-state index is -0.238. The Morgan fingerprint density at radius 1 is 1.11 bits per heavy atom. The molecule has 2 aromatic carbocycles. The smallest absolute Gasteiger partial charge is 0.255 e. The van der Waals surface area contributed by atoms with E-state index in [0.717, 1.165) is 22.5 Å². The molecule has 28 heavy (non-hydrogen) atoms. The van der Waals surface area contributed by atoms with E-state index in [-0.39, 0.29) is 5.91 Å². The standard InChI is InChI=1S/C22H18ClN3O2/c1-14-9-10-26-13-19(24-21(26)11-14)16-5-8-20(28-2)18(12-16)25-22(27)15-3-6-17(23)7-4-15/h3-13H,1-2H3,(H,25,27). The normalized spacial score (nSPS) is 10.8. The van der Waals surface area contributed by atoms with Crippen molar-refractivity contribution in [1.82, 2.24) is 9.38 Å². The molecule has 4 aromatic rings. The van der Waals surface area contributed by atoms with Crippen LogP contribution in [-0.4, -0.2) is 22.4 Å². The Hall–Kier alpha value is -3.31. The number of rotatable bonds is 4. The molecule has 1 amide bonds. The number of halogens is 1. The van der Waals surface area contributed by atoms with Crippen LogP contribution in [0.1, 0.15) is 15.9 Å². The third-order valence-corrected chi connectivity index (χ3v) is 4.72. The Balaban J connectivity index is 1.68. The summed E-state index contributed by atoms with van der Waals surface area (Å²) in [5.41, 5.74) is 4.81. The third kappa shape index (κ3) is 3.57. The van der Waals surface area contributed by atoms with E-state index in [1.807, 2.05) is 54.0 Å². The Morgan fingerprint density at radius 3 is 2.64 bits per heavy atom. The van der Waals surface area contributed by atoms with Crippen molar-refractivity contribution in [2.45, 2.75) is 6.92 Å². The second-order valence-electron chi connectivity index (χ2n) is 6.47. The SMILES string of the molecule is COc1ccc(-c2cn3ccc(C)cc3n2)cc1NC(=O)c1ccc(Cl)cc1. The van der Waals surface area contributed by atoms with Crippen molar-refractivity contribution in [1.29, 1.82) is 0 Å². The van der Waals surface area contributed by atoms with Gasteiger partial charge in [0.1, 0.15) is 11.4 Å². The molecule has 0 spiro atoms. The van der Waals surface area contributed by atoms with Crippen LogP contribution in [0.3, 0.4) is 0 Å². The lowest BCUT2D eigenvalue weighted by Crippen LogP contribution is -2.12. The number of imidazole rings is 1. The van der Waals surface area contributed by atoms with E-state index >= 15 is 0 Å². The number of hydrogen-bond acceptors (Lipinski definition) is 3. The predicted molar refractivity (Wildman–Crippen MR) is 111 cm³/mol. The van der Waals surface area contributed by atoms with Crippen LogP contribution in [-0.2, 0) is 0 Å². The number of anilines is 1. The number of fused-ring (bicyclic) bond motifs is 1. The Labute approximate surface area is 167 Å². The molecular formula is C22H18ClN3O2. The van der Waals surface area contributed by atoms with Gasteiger partial charge in [0.05, 0.1) is 18.5 Å². The van der Waals surface area contributed by atoms with Gasteiger partial charge in [0.2, 0.25) is 0 Å². The van der Waals surface area contributed by atoms with Gasteiger partial charge in [-0.2, -0.15) is 0 Å². The Bertz CT molecular complexity index is 1170. The van der Waals surface area contributed by atoms with Gasteiger partial charge in [0, 0.05) is 28.5 Å². The van der Waals surface area contributed by atoms with E-state index in [0.29, 0.717) is 22.0 Å². The number of aromatic nitrogens is 2. The number of methoxy groups -OCH3 is 1. The molecule has 0 aliphatic heterocycles. The van der Waals surface area contributed by atoms with Crippen molar-refractivity contribution >= 4 is 28.8 Å². The lowest BCUT2D eigenvalue weighted by molar-refractivity contribution is 0.102. The van der Waals surface area contributed by atoms with Crippen molar-refractivity contribution in [2.75, 3.05) is 12.4 Å².